The van der Waals surface area contributed by atoms with Gasteiger partial charge in [-0.3, -0.25) is 4.79 Å². The predicted octanol–water partition coefficient (Wildman–Crippen LogP) is 0.513. The molecule has 0 aliphatic carbocycles. The molecule has 1 amide bonds. The van der Waals surface area contributed by atoms with Crippen LogP contribution in [0, 0.1) is 0 Å². The highest BCUT2D eigenvalue weighted by atomic mass is 32.2. The summed E-state index contributed by atoms with van der Waals surface area (Å²) in [5.74, 6) is 0.264. The number of carbonyl (C=O) groups is 1. The van der Waals surface area contributed by atoms with Gasteiger partial charge in [0.1, 0.15) is 0 Å². The normalized spacial score (nSPS) is 33.1. The topological polar surface area (TPSA) is 66.8 Å². The third-order valence-corrected chi connectivity index (χ3v) is 6.31. The van der Waals surface area contributed by atoms with Crippen molar-refractivity contribution < 1.29 is 13.2 Å². The third kappa shape index (κ3) is 2.65. The SMILES string of the molecule is CCCC(=O)N=C1SC2CS(=O)(=O)CC2N1C. The second-order valence-electron chi connectivity index (χ2n) is 4.45. The predicted molar refractivity (Wildman–Crippen MR) is 68.9 cm³/mol. The van der Waals surface area contributed by atoms with Gasteiger partial charge in [-0.1, -0.05) is 18.7 Å². The van der Waals surface area contributed by atoms with Crippen LogP contribution in [0.1, 0.15) is 19.8 Å². The van der Waals surface area contributed by atoms with Crippen LogP contribution < -0.4 is 0 Å². The number of thioether (sulfide) groups is 1. The first kappa shape index (κ1) is 12.9. The first-order valence-corrected chi connectivity index (χ1v) is 8.34. The summed E-state index contributed by atoms with van der Waals surface area (Å²) >= 11 is 1.42. The molecule has 0 aromatic heterocycles. The van der Waals surface area contributed by atoms with Gasteiger partial charge >= 0.3 is 0 Å². The van der Waals surface area contributed by atoms with Crippen molar-refractivity contribution >= 4 is 32.7 Å². The molecule has 0 aromatic rings. The Morgan fingerprint density at radius 2 is 2.24 bits per heavy atom. The molecule has 2 fully saturated rings. The molecule has 0 N–H and O–H groups in total. The van der Waals surface area contributed by atoms with Gasteiger partial charge in [0.15, 0.2) is 15.0 Å². The van der Waals surface area contributed by atoms with E-state index in [4.69, 9.17) is 0 Å². The number of amidine groups is 1. The van der Waals surface area contributed by atoms with Crippen LogP contribution in [0.5, 0.6) is 0 Å². The van der Waals surface area contributed by atoms with Crippen LogP contribution in [0.3, 0.4) is 0 Å². The molecule has 2 unspecified atom stereocenters. The fourth-order valence-electron chi connectivity index (χ4n) is 2.11. The van der Waals surface area contributed by atoms with Crippen molar-refractivity contribution in [2.24, 2.45) is 4.99 Å². The number of hydrogen-bond donors (Lipinski definition) is 0. The van der Waals surface area contributed by atoms with Crippen molar-refractivity contribution in [3.05, 3.63) is 0 Å². The lowest BCUT2D eigenvalue weighted by Crippen LogP contribution is -2.34. The summed E-state index contributed by atoms with van der Waals surface area (Å²) in [7, 11) is -1.09. The van der Waals surface area contributed by atoms with Crippen LogP contribution in [-0.4, -0.2) is 54.2 Å². The lowest BCUT2D eigenvalue weighted by molar-refractivity contribution is -0.117. The van der Waals surface area contributed by atoms with Gasteiger partial charge in [-0.05, 0) is 6.42 Å². The monoisotopic (exact) mass is 276 g/mol. The van der Waals surface area contributed by atoms with Gasteiger partial charge in [0.05, 0.1) is 17.5 Å². The third-order valence-electron chi connectivity index (χ3n) is 3.01. The van der Waals surface area contributed by atoms with E-state index in [0.717, 1.165) is 6.42 Å². The lowest BCUT2D eigenvalue weighted by Gasteiger charge is -2.17. The smallest absolute Gasteiger partial charge is 0.248 e. The van der Waals surface area contributed by atoms with Gasteiger partial charge in [0, 0.05) is 18.7 Å². The number of aliphatic imine (C=N–C) groups is 1. The van der Waals surface area contributed by atoms with Gasteiger partial charge in [0.25, 0.3) is 0 Å². The standard InChI is InChI=1S/C10H16N2O3S2/c1-3-4-9(13)11-10-12(2)7-5-17(14,15)6-8(7)16-10/h7-8H,3-6H2,1-2H3. The Bertz CT molecular complexity index is 458. The summed E-state index contributed by atoms with van der Waals surface area (Å²) in [4.78, 5) is 17.3. The Balaban J connectivity index is 2.10. The van der Waals surface area contributed by atoms with Crippen LogP contribution in [0.15, 0.2) is 4.99 Å². The van der Waals surface area contributed by atoms with Crippen molar-refractivity contribution in [1.29, 1.82) is 0 Å². The summed E-state index contributed by atoms with van der Waals surface area (Å²) in [5, 5.41) is 0.714. The molecule has 17 heavy (non-hydrogen) atoms. The molecule has 96 valence electrons. The van der Waals surface area contributed by atoms with Gasteiger partial charge in [0.2, 0.25) is 5.91 Å². The van der Waals surface area contributed by atoms with E-state index in [2.05, 4.69) is 4.99 Å². The van der Waals surface area contributed by atoms with Crippen molar-refractivity contribution in [2.45, 2.75) is 31.1 Å². The second kappa shape index (κ2) is 4.61. The van der Waals surface area contributed by atoms with E-state index in [1.165, 1.54) is 11.8 Å². The molecule has 0 aromatic carbocycles. The summed E-state index contributed by atoms with van der Waals surface area (Å²) in [6.45, 7) is 1.94. The number of sulfone groups is 1. The molecule has 0 radical (unpaired) electrons. The average molecular weight is 276 g/mol. The van der Waals surface area contributed by atoms with Crippen LogP contribution in [-0.2, 0) is 14.6 Å². The van der Waals surface area contributed by atoms with E-state index in [9.17, 15) is 13.2 Å². The Morgan fingerprint density at radius 3 is 2.82 bits per heavy atom. The molecule has 2 atom stereocenters. The maximum atomic E-state index is 11.5. The Labute approximate surface area is 106 Å². The summed E-state index contributed by atoms with van der Waals surface area (Å²) in [6, 6.07) is -0.0156. The summed E-state index contributed by atoms with van der Waals surface area (Å²) in [5.41, 5.74) is 0. The highest BCUT2D eigenvalue weighted by Crippen LogP contribution is 2.36. The highest BCUT2D eigenvalue weighted by molar-refractivity contribution is 8.15. The Morgan fingerprint density at radius 1 is 1.53 bits per heavy atom. The molecular weight excluding hydrogens is 260 g/mol. The summed E-state index contributed by atoms with van der Waals surface area (Å²) < 4.78 is 22.9. The van der Waals surface area contributed by atoms with Crippen LogP contribution in [0.25, 0.3) is 0 Å². The molecule has 0 saturated carbocycles. The molecule has 0 spiro atoms. The fraction of sp³-hybridized carbons (Fsp3) is 0.800. The highest BCUT2D eigenvalue weighted by Gasteiger charge is 2.47. The van der Waals surface area contributed by atoms with E-state index < -0.39 is 9.84 Å². The average Bonchev–Trinajstić information content (AvgIpc) is 2.63. The quantitative estimate of drug-likeness (QED) is 0.735. The van der Waals surface area contributed by atoms with Crippen LogP contribution >= 0.6 is 11.8 Å². The molecule has 2 heterocycles. The number of fused-ring (bicyclic) bond motifs is 1. The van der Waals surface area contributed by atoms with E-state index in [-0.39, 0.29) is 28.7 Å². The Hall–Kier alpha value is -0.560. The number of amides is 1. The molecule has 2 saturated heterocycles. The zero-order chi connectivity index (χ0) is 12.6. The van der Waals surface area contributed by atoms with Crippen molar-refractivity contribution in [2.75, 3.05) is 18.6 Å². The minimum atomic E-state index is -2.90. The fourth-order valence-corrected chi connectivity index (χ4v) is 6.13. The molecule has 7 heteroatoms. The molecule has 0 bridgehead atoms. The zero-order valence-corrected chi connectivity index (χ0v) is 11.6. The van der Waals surface area contributed by atoms with Gasteiger partial charge in [-0.15, -0.1) is 0 Å². The van der Waals surface area contributed by atoms with Gasteiger partial charge in [-0.2, -0.15) is 4.99 Å². The van der Waals surface area contributed by atoms with E-state index in [0.29, 0.717) is 11.6 Å². The lowest BCUT2D eigenvalue weighted by atomic mass is 10.2. The maximum Gasteiger partial charge on any atom is 0.248 e. The van der Waals surface area contributed by atoms with Gasteiger partial charge < -0.3 is 4.90 Å². The number of rotatable bonds is 2. The molecule has 2 rings (SSSR count). The largest absolute Gasteiger partial charge is 0.349 e. The van der Waals surface area contributed by atoms with Crippen molar-refractivity contribution in [1.82, 2.24) is 4.90 Å². The van der Waals surface area contributed by atoms with E-state index in [1.807, 2.05) is 18.9 Å². The summed E-state index contributed by atoms with van der Waals surface area (Å²) in [6.07, 6.45) is 1.23. The number of nitrogens with zero attached hydrogens (tertiary/aromatic N) is 2. The van der Waals surface area contributed by atoms with Gasteiger partial charge in [-0.25, -0.2) is 8.42 Å². The first-order chi connectivity index (χ1) is 7.93. The zero-order valence-electron chi connectivity index (χ0n) is 9.92. The first-order valence-electron chi connectivity index (χ1n) is 5.64. The molecule has 5 nitrogen and oxygen atoms in total. The van der Waals surface area contributed by atoms with Crippen LogP contribution in [0.4, 0.5) is 0 Å². The molecule has 2 aliphatic heterocycles. The van der Waals surface area contributed by atoms with Crippen LogP contribution in [0.2, 0.25) is 0 Å². The minimum Gasteiger partial charge on any atom is -0.349 e. The van der Waals surface area contributed by atoms with E-state index in [1.54, 1.807) is 0 Å². The van der Waals surface area contributed by atoms with Crippen molar-refractivity contribution in [3.8, 4) is 0 Å². The molecule has 2 aliphatic rings. The number of hydrogen-bond acceptors (Lipinski definition) is 4. The maximum absolute atomic E-state index is 11.5. The molecular formula is C10H16N2O3S2. The second-order valence-corrected chi connectivity index (χ2v) is 7.81. The minimum absolute atomic E-state index is 0.0156. The van der Waals surface area contributed by atoms with E-state index >= 15 is 0 Å². The number of carbonyl (C=O) groups excluding carboxylic acids is 1. The Kier molecular flexibility index (Phi) is 3.49. The van der Waals surface area contributed by atoms with Crippen molar-refractivity contribution in [3.63, 3.8) is 0 Å².